The Balaban J connectivity index is 1.50. The highest BCUT2D eigenvalue weighted by molar-refractivity contribution is 5.84. The molecular weight excluding hydrogens is 474 g/mol. The molecule has 0 bridgehead atoms. The number of fused-ring (bicyclic) bond motifs is 3. The van der Waals surface area contributed by atoms with Crippen LogP contribution in [-0.2, 0) is 16.9 Å². The van der Waals surface area contributed by atoms with E-state index < -0.39 is 17.6 Å². The van der Waals surface area contributed by atoms with Crippen molar-refractivity contribution >= 4 is 17.3 Å². The third-order valence-corrected chi connectivity index (χ3v) is 7.60. The van der Waals surface area contributed by atoms with Gasteiger partial charge in [-0.3, -0.25) is 4.79 Å². The van der Waals surface area contributed by atoms with Crippen molar-refractivity contribution in [3.8, 4) is 0 Å². The summed E-state index contributed by atoms with van der Waals surface area (Å²) >= 11 is 0. The molecule has 2 heterocycles. The molecular formula is C31H31N5O2. The van der Waals surface area contributed by atoms with Gasteiger partial charge in [-0.05, 0) is 35.7 Å². The van der Waals surface area contributed by atoms with Crippen molar-refractivity contribution in [3.63, 3.8) is 0 Å². The molecule has 1 unspecified atom stereocenters. The second-order valence-electron chi connectivity index (χ2n) is 9.75. The smallest absolute Gasteiger partial charge is 0.327 e. The monoisotopic (exact) mass is 505 g/mol. The number of nitrogens with one attached hydrogen (secondary N) is 2. The molecule has 1 atom stereocenters. The van der Waals surface area contributed by atoms with Gasteiger partial charge in [-0.25, -0.2) is 5.01 Å². The van der Waals surface area contributed by atoms with E-state index in [1.807, 2.05) is 30.3 Å². The van der Waals surface area contributed by atoms with Gasteiger partial charge in [-0.15, -0.1) is 0 Å². The highest BCUT2D eigenvalue weighted by Gasteiger charge is 2.47. The van der Waals surface area contributed by atoms with Crippen molar-refractivity contribution in [2.24, 2.45) is 5.73 Å². The van der Waals surface area contributed by atoms with E-state index in [1.54, 1.807) is 5.01 Å². The van der Waals surface area contributed by atoms with Crippen LogP contribution in [0.2, 0.25) is 0 Å². The minimum atomic E-state index is -0.872. The highest BCUT2D eigenvalue weighted by Crippen LogP contribution is 2.49. The van der Waals surface area contributed by atoms with Crippen LogP contribution in [0.4, 0.5) is 11.4 Å². The van der Waals surface area contributed by atoms with Crippen molar-refractivity contribution in [1.82, 2.24) is 10.0 Å². The van der Waals surface area contributed by atoms with E-state index in [4.69, 9.17) is 5.73 Å². The Labute approximate surface area is 222 Å². The van der Waals surface area contributed by atoms with Crippen molar-refractivity contribution in [1.29, 1.82) is 0 Å². The van der Waals surface area contributed by atoms with E-state index in [9.17, 15) is 9.90 Å². The lowest BCUT2D eigenvalue weighted by atomic mass is 9.76. The number of hydrogen-bond donors (Lipinski definition) is 4. The molecule has 0 amide bonds. The second kappa shape index (κ2) is 9.95. The number of anilines is 2. The van der Waals surface area contributed by atoms with Gasteiger partial charge in [0.1, 0.15) is 5.54 Å². The predicted molar refractivity (Wildman–Crippen MR) is 149 cm³/mol. The van der Waals surface area contributed by atoms with E-state index in [0.29, 0.717) is 26.1 Å². The molecule has 7 heteroatoms. The van der Waals surface area contributed by atoms with Crippen LogP contribution in [0.3, 0.4) is 0 Å². The molecule has 38 heavy (non-hydrogen) atoms. The van der Waals surface area contributed by atoms with Crippen molar-refractivity contribution in [2.75, 3.05) is 23.9 Å². The summed E-state index contributed by atoms with van der Waals surface area (Å²) in [4.78, 5) is 12.3. The molecule has 7 nitrogen and oxygen atoms in total. The van der Waals surface area contributed by atoms with Gasteiger partial charge in [0.2, 0.25) is 0 Å². The molecule has 6 rings (SSSR count). The number of carbonyl (C=O) groups is 1. The first kappa shape index (κ1) is 24.2. The molecule has 0 saturated carbocycles. The minimum Gasteiger partial charge on any atom is -0.480 e. The van der Waals surface area contributed by atoms with Crippen molar-refractivity contribution in [2.45, 2.75) is 24.5 Å². The number of nitrogens with zero attached hydrogens (tertiary/aromatic N) is 2. The molecule has 4 aromatic rings. The van der Waals surface area contributed by atoms with E-state index >= 15 is 0 Å². The maximum atomic E-state index is 12.3. The van der Waals surface area contributed by atoms with E-state index in [-0.39, 0.29) is 0 Å². The zero-order valence-corrected chi connectivity index (χ0v) is 21.0. The van der Waals surface area contributed by atoms with Gasteiger partial charge in [-0.1, -0.05) is 97.1 Å². The lowest BCUT2D eigenvalue weighted by Gasteiger charge is -2.43. The fraction of sp³-hybridized carbons (Fsp3) is 0.194. The average molecular weight is 506 g/mol. The predicted octanol–water partition coefficient (Wildman–Crippen LogP) is 4.94. The summed E-state index contributed by atoms with van der Waals surface area (Å²) in [6.45, 7) is 1.62. The molecule has 0 fully saturated rings. The fourth-order valence-electron chi connectivity index (χ4n) is 5.93. The van der Waals surface area contributed by atoms with Gasteiger partial charge < -0.3 is 21.7 Å². The largest absolute Gasteiger partial charge is 0.480 e. The maximum absolute atomic E-state index is 12.3. The highest BCUT2D eigenvalue weighted by atomic mass is 16.4. The molecule has 0 aromatic heterocycles. The van der Waals surface area contributed by atoms with Crippen LogP contribution in [0.15, 0.2) is 103 Å². The van der Waals surface area contributed by atoms with E-state index in [1.165, 1.54) is 0 Å². The average Bonchev–Trinajstić information content (AvgIpc) is 3.56. The number of hydrazine groups is 2. The zero-order chi connectivity index (χ0) is 26.1. The first-order valence-electron chi connectivity index (χ1n) is 13.0. The zero-order valence-electron chi connectivity index (χ0n) is 21.0. The lowest BCUT2D eigenvalue weighted by Crippen LogP contribution is -2.48. The third-order valence-electron chi connectivity index (χ3n) is 7.60. The molecule has 2 aliphatic rings. The fourth-order valence-corrected chi connectivity index (χ4v) is 5.93. The summed E-state index contributed by atoms with van der Waals surface area (Å²) in [6, 6.07) is 34.7. The first-order chi connectivity index (χ1) is 18.6. The summed E-state index contributed by atoms with van der Waals surface area (Å²) < 4.78 is 0. The van der Waals surface area contributed by atoms with Crippen LogP contribution in [-0.4, -0.2) is 34.2 Å². The normalized spacial score (nSPS) is 16.9. The Morgan fingerprint density at radius 1 is 0.842 bits per heavy atom. The Bertz CT molecular complexity index is 1330. The van der Waals surface area contributed by atoms with Crippen LogP contribution in [0.5, 0.6) is 0 Å². The quantitative estimate of drug-likeness (QED) is 0.252. The summed E-state index contributed by atoms with van der Waals surface area (Å²) in [5.74, 6) is -0.872. The maximum Gasteiger partial charge on any atom is 0.327 e. The van der Waals surface area contributed by atoms with E-state index in [0.717, 1.165) is 39.2 Å². The summed E-state index contributed by atoms with van der Waals surface area (Å²) in [5, 5.41) is 14.1. The van der Waals surface area contributed by atoms with Crippen LogP contribution in [0, 0.1) is 0 Å². The molecule has 0 aliphatic carbocycles. The van der Waals surface area contributed by atoms with Gasteiger partial charge >= 0.3 is 5.97 Å². The number of rotatable bonds is 8. The number of hydrogen-bond acceptors (Lipinski definition) is 6. The van der Waals surface area contributed by atoms with Gasteiger partial charge in [-0.2, -0.15) is 5.01 Å². The first-order valence-corrected chi connectivity index (χ1v) is 13.0. The van der Waals surface area contributed by atoms with E-state index in [2.05, 4.69) is 88.7 Å². The molecule has 0 radical (unpaired) electrons. The third kappa shape index (κ3) is 3.83. The summed E-state index contributed by atoms with van der Waals surface area (Å²) in [5.41, 5.74) is 19.3. The van der Waals surface area contributed by atoms with Crippen LogP contribution >= 0.6 is 0 Å². The Hall–Kier alpha value is -4.17. The van der Waals surface area contributed by atoms with Crippen LogP contribution in [0.25, 0.3) is 0 Å². The lowest BCUT2D eigenvalue weighted by molar-refractivity contribution is -0.142. The van der Waals surface area contributed by atoms with Gasteiger partial charge in [0.05, 0.1) is 11.4 Å². The molecule has 2 aliphatic heterocycles. The number of carboxylic acid groups (broad SMARTS) is 1. The Morgan fingerprint density at radius 3 is 1.89 bits per heavy atom. The van der Waals surface area contributed by atoms with Crippen molar-refractivity contribution < 1.29 is 9.90 Å². The molecule has 0 spiro atoms. The Morgan fingerprint density at radius 2 is 1.39 bits per heavy atom. The topological polar surface area (TPSA) is 93.9 Å². The molecule has 5 N–H and O–H groups in total. The van der Waals surface area contributed by atoms with Gasteiger partial charge in [0, 0.05) is 24.2 Å². The van der Waals surface area contributed by atoms with Crippen LogP contribution in [0.1, 0.15) is 40.3 Å². The minimum absolute atomic E-state index is 0.502. The van der Waals surface area contributed by atoms with Crippen molar-refractivity contribution in [3.05, 3.63) is 131 Å². The number of benzene rings is 4. The van der Waals surface area contributed by atoms with Crippen LogP contribution < -0.4 is 16.6 Å². The SMILES string of the molecule is NCCCN1Nc2c(ccc3c2CN(C(c2ccccc2)(c2ccccc2)c2ccccc2)N3)C1C(=O)O. The molecule has 192 valence electrons. The Kier molecular flexibility index (Phi) is 6.33. The molecule has 0 saturated heterocycles. The number of nitrogens with two attached hydrogens (primary N) is 1. The standard InChI is InChI=1S/C31H31N5O2/c32-19-10-20-35-29(30(37)38)25-17-18-27-26(28(25)34-35)21-36(33-27)31(22-11-4-1-5-12-22,23-13-6-2-7-14-23)24-15-8-3-9-16-24/h1-9,11-18,29,33-34H,10,19-21,32H2,(H,37,38). The molecule has 4 aromatic carbocycles. The number of carboxylic acids is 1. The number of aliphatic carboxylic acids is 1. The second-order valence-corrected chi connectivity index (χ2v) is 9.75. The summed E-state index contributed by atoms with van der Waals surface area (Å²) in [6.07, 6.45) is 0.705. The summed E-state index contributed by atoms with van der Waals surface area (Å²) in [7, 11) is 0. The van der Waals surface area contributed by atoms with Gasteiger partial charge in [0.25, 0.3) is 0 Å². The van der Waals surface area contributed by atoms with Gasteiger partial charge in [0.15, 0.2) is 6.04 Å².